The van der Waals surface area contributed by atoms with Crippen LogP contribution in [-0.4, -0.2) is 66.6 Å². The van der Waals surface area contributed by atoms with E-state index in [0.29, 0.717) is 58.8 Å². The van der Waals surface area contributed by atoms with E-state index in [1.807, 2.05) is 0 Å². The van der Waals surface area contributed by atoms with E-state index in [1.54, 1.807) is 7.11 Å². The Kier molecular flexibility index (Phi) is 15.7. The lowest BCUT2D eigenvalue weighted by Gasteiger charge is -2.10. The predicted octanol–water partition coefficient (Wildman–Crippen LogP) is 1.75. The third kappa shape index (κ3) is 15.7. The summed E-state index contributed by atoms with van der Waals surface area (Å²) in [6, 6.07) is 0. The molecule has 0 heterocycles. The summed E-state index contributed by atoms with van der Waals surface area (Å²) in [7, 11) is 1.66. The highest BCUT2D eigenvalue weighted by Crippen LogP contribution is 1.99. The summed E-state index contributed by atoms with van der Waals surface area (Å²) in [5.41, 5.74) is 0. The molecule has 0 rings (SSSR count). The van der Waals surface area contributed by atoms with Crippen LogP contribution in [0.15, 0.2) is 0 Å². The Morgan fingerprint density at radius 3 is 1.53 bits per heavy atom. The largest absolute Gasteiger partial charge is 0.382 e. The summed E-state index contributed by atoms with van der Waals surface area (Å²) in [6.07, 6.45) is 1.15. The lowest BCUT2D eigenvalue weighted by Crippen LogP contribution is -2.14. The van der Waals surface area contributed by atoms with Crippen LogP contribution in [-0.2, 0) is 23.7 Å². The van der Waals surface area contributed by atoms with E-state index >= 15 is 0 Å². The normalized spacial score (nSPS) is 12.8. The van der Waals surface area contributed by atoms with Crippen molar-refractivity contribution in [1.29, 1.82) is 0 Å². The first-order chi connectivity index (χ1) is 9.31. The molecule has 116 valence electrons. The third-order valence-corrected chi connectivity index (χ3v) is 2.65. The van der Waals surface area contributed by atoms with Crippen molar-refractivity contribution in [1.82, 2.24) is 0 Å². The second kappa shape index (κ2) is 15.9. The lowest BCUT2D eigenvalue weighted by molar-refractivity contribution is -0.0104. The molecule has 5 nitrogen and oxygen atoms in total. The van der Waals surface area contributed by atoms with E-state index in [4.69, 9.17) is 23.7 Å². The summed E-state index contributed by atoms with van der Waals surface area (Å²) in [4.78, 5) is 0. The zero-order valence-electron chi connectivity index (χ0n) is 12.7. The van der Waals surface area contributed by atoms with Crippen LogP contribution in [0.1, 0.15) is 20.3 Å². The Morgan fingerprint density at radius 2 is 1.11 bits per heavy atom. The monoisotopic (exact) mass is 278 g/mol. The van der Waals surface area contributed by atoms with Gasteiger partial charge >= 0.3 is 0 Å². The SMILES string of the molecule is CCC(C)COCCOCCOCCOCCOC. The van der Waals surface area contributed by atoms with Crippen LogP contribution in [0.3, 0.4) is 0 Å². The highest BCUT2D eigenvalue weighted by Gasteiger charge is 1.98. The molecular weight excluding hydrogens is 248 g/mol. The molecule has 0 aliphatic rings. The van der Waals surface area contributed by atoms with Crippen molar-refractivity contribution < 1.29 is 23.7 Å². The second-order valence-corrected chi connectivity index (χ2v) is 4.42. The van der Waals surface area contributed by atoms with Gasteiger partial charge in [-0.3, -0.25) is 0 Å². The Hall–Kier alpha value is -0.200. The van der Waals surface area contributed by atoms with Crippen LogP contribution in [0.2, 0.25) is 0 Å². The number of ether oxygens (including phenoxy) is 5. The van der Waals surface area contributed by atoms with E-state index in [-0.39, 0.29) is 0 Å². The smallest absolute Gasteiger partial charge is 0.0701 e. The minimum atomic E-state index is 0.595. The van der Waals surface area contributed by atoms with Crippen LogP contribution in [0, 0.1) is 5.92 Å². The number of rotatable bonds is 15. The van der Waals surface area contributed by atoms with Gasteiger partial charge in [0.25, 0.3) is 0 Å². The Labute approximate surface area is 117 Å². The Morgan fingerprint density at radius 1 is 0.684 bits per heavy atom. The molecule has 0 aromatic rings. The van der Waals surface area contributed by atoms with E-state index < -0.39 is 0 Å². The molecule has 0 aliphatic heterocycles. The van der Waals surface area contributed by atoms with Crippen molar-refractivity contribution in [3.05, 3.63) is 0 Å². The van der Waals surface area contributed by atoms with E-state index in [0.717, 1.165) is 13.0 Å². The van der Waals surface area contributed by atoms with Gasteiger partial charge in [-0.15, -0.1) is 0 Å². The van der Waals surface area contributed by atoms with Gasteiger partial charge in [-0.05, 0) is 5.92 Å². The molecule has 1 unspecified atom stereocenters. The number of methoxy groups -OCH3 is 1. The summed E-state index contributed by atoms with van der Waals surface area (Å²) < 4.78 is 26.3. The van der Waals surface area contributed by atoms with Crippen LogP contribution in [0.5, 0.6) is 0 Å². The van der Waals surface area contributed by atoms with Gasteiger partial charge in [-0.1, -0.05) is 20.3 Å². The van der Waals surface area contributed by atoms with Crippen LogP contribution >= 0.6 is 0 Å². The molecule has 0 aromatic carbocycles. The molecule has 0 bridgehead atoms. The van der Waals surface area contributed by atoms with Gasteiger partial charge in [0.15, 0.2) is 0 Å². The zero-order chi connectivity index (χ0) is 14.2. The molecule has 0 aromatic heterocycles. The van der Waals surface area contributed by atoms with E-state index in [9.17, 15) is 0 Å². The summed E-state index contributed by atoms with van der Waals surface area (Å²) in [6.45, 7) is 10.1. The number of hydrogen-bond donors (Lipinski definition) is 0. The van der Waals surface area contributed by atoms with Crippen LogP contribution in [0.25, 0.3) is 0 Å². The van der Waals surface area contributed by atoms with E-state index in [2.05, 4.69) is 13.8 Å². The Bertz CT molecular complexity index is 166. The molecule has 0 radical (unpaired) electrons. The first-order valence-corrected chi connectivity index (χ1v) is 7.11. The highest BCUT2D eigenvalue weighted by molar-refractivity contribution is 4.45. The summed E-state index contributed by atoms with van der Waals surface area (Å²) >= 11 is 0. The molecule has 5 heteroatoms. The second-order valence-electron chi connectivity index (χ2n) is 4.42. The average Bonchev–Trinajstić information content (AvgIpc) is 2.43. The quantitative estimate of drug-likeness (QED) is 0.427. The maximum absolute atomic E-state index is 5.47. The van der Waals surface area contributed by atoms with Gasteiger partial charge < -0.3 is 23.7 Å². The topological polar surface area (TPSA) is 46.2 Å². The van der Waals surface area contributed by atoms with Gasteiger partial charge in [0, 0.05) is 13.7 Å². The molecule has 0 spiro atoms. The van der Waals surface area contributed by atoms with Crippen molar-refractivity contribution in [2.24, 2.45) is 5.92 Å². The zero-order valence-corrected chi connectivity index (χ0v) is 12.7. The van der Waals surface area contributed by atoms with Gasteiger partial charge in [0.05, 0.1) is 52.9 Å². The van der Waals surface area contributed by atoms with Gasteiger partial charge in [-0.25, -0.2) is 0 Å². The molecule has 0 fully saturated rings. The number of hydrogen-bond acceptors (Lipinski definition) is 5. The fourth-order valence-corrected chi connectivity index (χ4v) is 1.20. The first kappa shape index (κ1) is 18.8. The lowest BCUT2D eigenvalue weighted by atomic mass is 10.1. The van der Waals surface area contributed by atoms with Crippen molar-refractivity contribution in [3.8, 4) is 0 Å². The molecule has 19 heavy (non-hydrogen) atoms. The maximum atomic E-state index is 5.47. The molecule has 0 saturated heterocycles. The van der Waals surface area contributed by atoms with Gasteiger partial charge in [0.1, 0.15) is 0 Å². The van der Waals surface area contributed by atoms with Crippen LogP contribution < -0.4 is 0 Å². The van der Waals surface area contributed by atoms with Crippen LogP contribution in [0.4, 0.5) is 0 Å². The fraction of sp³-hybridized carbons (Fsp3) is 1.00. The highest BCUT2D eigenvalue weighted by atomic mass is 16.6. The maximum Gasteiger partial charge on any atom is 0.0701 e. The standard InChI is InChI=1S/C14H30O5/c1-4-14(2)13-19-12-11-18-10-9-17-8-7-16-6-5-15-3/h14H,4-13H2,1-3H3. The van der Waals surface area contributed by atoms with Gasteiger partial charge in [0.2, 0.25) is 0 Å². The average molecular weight is 278 g/mol. The van der Waals surface area contributed by atoms with Crippen molar-refractivity contribution >= 4 is 0 Å². The molecule has 1 atom stereocenters. The minimum absolute atomic E-state index is 0.595. The van der Waals surface area contributed by atoms with Gasteiger partial charge in [-0.2, -0.15) is 0 Å². The fourth-order valence-electron chi connectivity index (χ4n) is 1.20. The molecule has 0 N–H and O–H groups in total. The molecular formula is C14H30O5. The van der Waals surface area contributed by atoms with Crippen molar-refractivity contribution in [2.75, 3.05) is 66.6 Å². The molecule has 0 saturated carbocycles. The first-order valence-electron chi connectivity index (χ1n) is 7.11. The van der Waals surface area contributed by atoms with E-state index in [1.165, 1.54) is 0 Å². The van der Waals surface area contributed by atoms with Crippen molar-refractivity contribution in [3.63, 3.8) is 0 Å². The minimum Gasteiger partial charge on any atom is -0.382 e. The Balaban J connectivity index is 2.95. The predicted molar refractivity (Wildman–Crippen MR) is 74.6 cm³/mol. The molecule has 0 aliphatic carbocycles. The third-order valence-electron chi connectivity index (χ3n) is 2.65. The molecule has 0 amide bonds. The summed E-state index contributed by atoms with van der Waals surface area (Å²) in [5.74, 6) is 0.626. The van der Waals surface area contributed by atoms with Crippen molar-refractivity contribution in [2.45, 2.75) is 20.3 Å². The summed E-state index contributed by atoms with van der Waals surface area (Å²) in [5, 5.41) is 0.